The van der Waals surface area contributed by atoms with Gasteiger partial charge in [-0.3, -0.25) is 9.59 Å². The molecule has 0 saturated carbocycles. The van der Waals surface area contributed by atoms with Gasteiger partial charge in [0.05, 0.1) is 5.69 Å². The molecule has 2 aliphatic heterocycles. The van der Waals surface area contributed by atoms with Gasteiger partial charge in [-0.15, -0.1) is 11.3 Å². The van der Waals surface area contributed by atoms with E-state index >= 15 is 0 Å². The number of thiophene rings is 1. The van der Waals surface area contributed by atoms with Crippen LogP contribution in [-0.2, 0) is 22.6 Å². The molecule has 1 fully saturated rings. The fourth-order valence-corrected chi connectivity index (χ4v) is 6.18. The summed E-state index contributed by atoms with van der Waals surface area (Å²) in [5, 5.41) is 5.12. The maximum absolute atomic E-state index is 13.6. The summed E-state index contributed by atoms with van der Waals surface area (Å²) in [6, 6.07) is 14.3. The van der Waals surface area contributed by atoms with Gasteiger partial charge in [-0.25, -0.2) is 4.39 Å². The molecule has 3 aromatic rings. The molecule has 7 heteroatoms. The molecule has 0 bridgehead atoms. The van der Waals surface area contributed by atoms with Crippen LogP contribution in [0.1, 0.15) is 34.4 Å². The van der Waals surface area contributed by atoms with Crippen molar-refractivity contribution in [2.24, 2.45) is 5.92 Å². The zero-order chi connectivity index (χ0) is 24.5. The van der Waals surface area contributed by atoms with Crippen molar-refractivity contribution < 1.29 is 14.0 Å². The molecule has 1 atom stereocenters. The van der Waals surface area contributed by atoms with Gasteiger partial charge in [0.2, 0.25) is 11.8 Å². The Morgan fingerprint density at radius 3 is 2.40 bits per heavy atom. The van der Waals surface area contributed by atoms with Gasteiger partial charge in [-0.05, 0) is 79.1 Å². The van der Waals surface area contributed by atoms with Crippen LogP contribution in [0.5, 0.6) is 0 Å². The highest BCUT2D eigenvalue weighted by molar-refractivity contribution is 7.10. The number of likely N-dealkylation sites (tertiary alicyclic amines) is 1. The Morgan fingerprint density at radius 1 is 1.03 bits per heavy atom. The number of benzene rings is 2. The van der Waals surface area contributed by atoms with Gasteiger partial charge in [-0.1, -0.05) is 18.2 Å². The van der Waals surface area contributed by atoms with Crippen molar-refractivity contribution in [1.82, 2.24) is 4.90 Å². The highest BCUT2D eigenvalue weighted by Crippen LogP contribution is 2.38. The van der Waals surface area contributed by atoms with Gasteiger partial charge in [0, 0.05) is 42.5 Å². The Balaban J connectivity index is 1.22. The smallest absolute Gasteiger partial charge is 0.245 e. The molecule has 35 heavy (non-hydrogen) atoms. The summed E-state index contributed by atoms with van der Waals surface area (Å²) in [6.07, 6.45) is 2.02. The van der Waals surface area contributed by atoms with E-state index < -0.39 is 0 Å². The predicted octanol–water partition coefficient (Wildman–Crippen LogP) is 5.31. The topological polar surface area (TPSA) is 52.7 Å². The molecule has 5 rings (SSSR count). The van der Waals surface area contributed by atoms with Crippen LogP contribution in [0.2, 0.25) is 0 Å². The summed E-state index contributed by atoms with van der Waals surface area (Å²) in [4.78, 5) is 31.7. The maximum atomic E-state index is 13.6. The number of nitrogens with zero attached hydrogens (tertiary/aromatic N) is 2. The molecule has 0 radical (unpaired) electrons. The molecule has 5 nitrogen and oxygen atoms in total. The van der Waals surface area contributed by atoms with E-state index in [2.05, 4.69) is 27.7 Å². The lowest BCUT2D eigenvalue weighted by molar-refractivity contribution is -0.135. The Hall–Kier alpha value is -3.19. The second kappa shape index (κ2) is 9.82. The molecule has 1 unspecified atom stereocenters. The predicted molar refractivity (Wildman–Crippen MR) is 138 cm³/mol. The van der Waals surface area contributed by atoms with Gasteiger partial charge in [0.25, 0.3) is 0 Å². The van der Waals surface area contributed by atoms with E-state index in [4.69, 9.17) is 0 Å². The number of piperidine rings is 1. The fourth-order valence-electron chi connectivity index (χ4n) is 5.26. The number of hydrogen-bond acceptors (Lipinski definition) is 4. The standard InChI is InChI=1S/C28H30FN3O2S/c1-18-13-19(2)15-23(14-18)30-27(33)21-7-10-31(11-8-21)28(34)25-16-26-24(9-12-35-26)32(25)17-20-3-5-22(29)6-4-20/h3-6,9,12-15,21,25H,7-8,10-11,16-17H2,1-2H3,(H,30,33). The molecule has 2 aromatic carbocycles. The van der Waals surface area contributed by atoms with E-state index in [-0.39, 0.29) is 29.6 Å². The largest absolute Gasteiger partial charge is 0.354 e. The summed E-state index contributed by atoms with van der Waals surface area (Å²) in [5.74, 6) is -0.212. The highest BCUT2D eigenvalue weighted by atomic mass is 32.1. The molecule has 1 aromatic heterocycles. The van der Waals surface area contributed by atoms with Crippen molar-refractivity contribution in [3.8, 4) is 0 Å². The zero-order valence-corrected chi connectivity index (χ0v) is 20.9. The van der Waals surface area contributed by atoms with Crippen molar-refractivity contribution in [3.63, 3.8) is 0 Å². The van der Waals surface area contributed by atoms with Gasteiger partial charge in [-0.2, -0.15) is 0 Å². The second-order valence-corrected chi connectivity index (χ2v) is 10.7. The van der Waals surface area contributed by atoms with Crippen molar-refractivity contribution >= 4 is 34.5 Å². The minimum Gasteiger partial charge on any atom is -0.354 e. The first-order valence-electron chi connectivity index (χ1n) is 12.1. The van der Waals surface area contributed by atoms with Crippen LogP contribution in [0.3, 0.4) is 0 Å². The van der Waals surface area contributed by atoms with E-state index in [0.717, 1.165) is 28.1 Å². The molecule has 0 spiro atoms. The van der Waals surface area contributed by atoms with E-state index in [1.54, 1.807) is 23.5 Å². The average molecular weight is 492 g/mol. The van der Waals surface area contributed by atoms with Gasteiger partial charge < -0.3 is 15.1 Å². The minimum atomic E-state index is -0.261. The summed E-state index contributed by atoms with van der Waals surface area (Å²) in [6.45, 7) is 5.77. The monoisotopic (exact) mass is 491 g/mol. The lowest BCUT2D eigenvalue weighted by atomic mass is 9.95. The Kier molecular flexibility index (Phi) is 6.60. The molecular formula is C28H30FN3O2S. The van der Waals surface area contributed by atoms with Gasteiger partial charge in [0.15, 0.2) is 0 Å². The Labute approximate surface area is 209 Å². The van der Waals surface area contributed by atoms with Crippen LogP contribution in [0.15, 0.2) is 53.9 Å². The Morgan fingerprint density at radius 2 is 1.71 bits per heavy atom. The summed E-state index contributed by atoms with van der Waals surface area (Å²) in [7, 11) is 0. The average Bonchev–Trinajstić information content (AvgIpc) is 3.42. The van der Waals surface area contributed by atoms with Gasteiger partial charge >= 0.3 is 0 Å². The number of hydrogen-bond donors (Lipinski definition) is 1. The fraction of sp³-hybridized carbons (Fsp3) is 0.357. The third-order valence-electron chi connectivity index (χ3n) is 7.00. The summed E-state index contributed by atoms with van der Waals surface area (Å²) < 4.78 is 13.4. The van der Waals surface area contributed by atoms with Crippen LogP contribution >= 0.6 is 11.3 Å². The number of rotatable bonds is 5. The van der Waals surface area contributed by atoms with E-state index in [0.29, 0.717) is 38.9 Å². The summed E-state index contributed by atoms with van der Waals surface area (Å²) >= 11 is 1.68. The Bertz CT molecular complexity index is 1210. The number of amides is 2. The molecule has 3 heterocycles. The van der Waals surface area contributed by atoms with Crippen LogP contribution in [-0.4, -0.2) is 35.8 Å². The lowest BCUT2D eigenvalue weighted by Gasteiger charge is -2.36. The molecule has 182 valence electrons. The number of nitrogens with one attached hydrogen (secondary N) is 1. The number of fused-ring (bicyclic) bond motifs is 1. The molecule has 1 saturated heterocycles. The first-order valence-corrected chi connectivity index (χ1v) is 13.0. The number of anilines is 2. The van der Waals surface area contributed by atoms with E-state index in [1.807, 2.05) is 30.9 Å². The maximum Gasteiger partial charge on any atom is 0.245 e. The number of carbonyl (C=O) groups excluding carboxylic acids is 2. The molecule has 0 aliphatic carbocycles. The molecule has 2 aliphatic rings. The van der Waals surface area contributed by atoms with Crippen LogP contribution in [0, 0.1) is 25.6 Å². The number of aryl methyl sites for hydroxylation is 2. The van der Waals surface area contributed by atoms with E-state index in [1.165, 1.54) is 17.0 Å². The number of carbonyl (C=O) groups is 2. The first kappa shape index (κ1) is 23.5. The SMILES string of the molecule is Cc1cc(C)cc(NC(=O)C2CCN(C(=O)C3Cc4sccc4N3Cc3ccc(F)cc3)CC2)c1. The van der Waals surface area contributed by atoms with Crippen LogP contribution < -0.4 is 10.2 Å². The third-order valence-corrected chi connectivity index (χ3v) is 7.94. The van der Waals surface area contributed by atoms with Crippen molar-refractivity contribution in [2.45, 2.75) is 45.7 Å². The summed E-state index contributed by atoms with van der Waals surface area (Å²) in [5.41, 5.74) is 5.15. The minimum absolute atomic E-state index is 0.0306. The van der Waals surface area contributed by atoms with Crippen molar-refractivity contribution in [3.05, 3.63) is 81.3 Å². The highest BCUT2D eigenvalue weighted by Gasteiger charge is 2.39. The second-order valence-electron chi connectivity index (χ2n) is 9.67. The molecule has 1 N–H and O–H groups in total. The molecule has 2 amide bonds. The quantitative estimate of drug-likeness (QED) is 0.526. The first-order chi connectivity index (χ1) is 16.9. The number of halogens is 1. The molecular weight excluding hydrogens is 461 g/mol. The van der Waals surface area contributed by atoms with Crippen LogP contribution in [0.25, 0.3) is 0 Å². The lowest BCUT2D eigenvalue weighted by Crippen LogP contribution is -2.50. The zero-order valence-electron chi connectivity index (χ0n) is 20.1. The normalized spacial score (nSPS) is 18.0. The van der Waals surface area contributed by atoms with E-state index in [9.17, 15) is 14.0 Å². The van der Waals surface area contributed by atoms with Gasteiger partial charge in [0.1, 0.15) is 11.9 Å². The third kappa shape index (κ3) is 5.10. The van der Waals surface area contributed by atoms with Crippen LogP contribution in [0.4, 0.5) is 15.8 Å². The van der Waals surface area contributed by atoms with Crippen molar-refractivity contribution in [1.29, 1.82) is 0 Å². The van der Waals surface area contributed by atoms with Crippen molar-refractivity contribution in [2.75, 3.05) is 23.3 Å².